The first-order valence-electron chi connectivity index (χ1n) is 1.92. The molecular weight excluding hydrogens is 237 g/mol. The van der Waals surface area contributed by atoms with Crippen LogP contribution in [0.4, 0.5) is 22.3 Å². The van der Waals surface area contributed by atoms with Crippen molar-refractivity contribution in [3.8, 4) is 0 Å². The van der Waals surface area contributed by atoms with Gasteiger partial charge < -0.3 is 0 Å². The van der Waals surface area contributed by atoms with Crippen LogP contribution in [0.2, 0.25) is 0 Å². The Morgan fingerprint density at radius 2 is 1.36 bits per heavy atom. The molecule has 0 N–H and O–H groups in total. The van der Waals surface area contributed by atoms with E-state index in [-0.39, 0.29) is 4.70 Å². The summed E-state index contributed by atoms with van der Waals surface area (Å²) in [5.74, 6) is 0. The molecular formula is C3H2Cl3F5. The number of hydrogen-bond donors (Lipinski definition) is 0. The predicted molar refractivity (Wildman–Crippen MR) is 33.7 cm³/mol. The van der Waals surface area contributed by atoms with Crippen molar-refractivity contribution in [1.29, 1.82) is 0 Å². The monoisotopic (exact) mass is 238 g/mol. The fourth-order valence-electron chi connectivity index (χ4n) is 0.124. The van der Waals surface area contributed by atoms with Crippen LogP contribution in [0.5, 0.6) is 0 Å². The zero-order valence-corrected chi connectivity index (χ0v) is 6.90. The third-order valence-electron chi connectivity index (χ3n) is 0.652. The van der Waals surface area contributed by atoms with Crippen molar-refractivity contribution < 1.29 is 22.3 Å². The van der Waals surface area contributed by atoms with Gasteiger partial charge in [0.05, 0.1) is 0 Å². The van der Waals surface area contributed by atoms with Crippen molar-refractivity contribution >= 4 is 34.8 Å². The van der Waals surface area contributed by atoms with Crippen LogP contribution in [0.25, 0.3) is 0 Å². The summed E-state index contributed by atoms with van der Waals surface area (Å²) >= 11 is 13.4. The van der Waals surface area contributed by atoms with Crippen molar-refractivity contribution in [3.63, 3.8) is 0 Å². The maximum absolute atomic E-state index is 11.8. The van der Waals surface area contributed by atoms with Crippen molar-refractivity contribution in [2.45, 2.75) is 16.1 Å². The quantitative estimate of drug-likeness (QED) is 0.486. The van der Waals surface area contributed by atoms with Gasteiger partial charge in [-0.2, -0.15) is 13.2 Å². The third-order valence-corrected chi connectivity index (χ3v) is 2.01. The number of halogens is 8. The zero-order valence-electron chi connectivity index (χ0n) is 4.63. The molecule has 70 valence electrons. The van der Waals surface area contributed by atoms with Crippen molar-refractivity contribution in [2.75, 3.05) is 0 Å². The van der Waals surface area contributed by atoms with Gasteiger partial charge in [0.15, 0.2) is 0 Å². The SMILES string of the molecule is F.FC(Cl)C(Cl)(Cl)C(F)(F)F. The van der Waals surface area contributed by atoms with Crippen molar-refractivity contribution in [2.24, 2.45) is 0 Å². The van der Waals surface area contributed by atoms with E-state index in [4.69, 9.17) is 0 Å². The van der Waals surface area contributed by atoms with Crippen LogP contribution in [0, 0.1) is 0 Å². The molecule has 0 aromatic rings. The van der Waals surface area contributed by atoms with Crippen LogP contribution in [0.1, 0.15) is 0 Å². The van der Waals surface area contributed by atoms with E-state index in [9.17, 15) is 17.6 Å². The van der Waals surface area contributed by atoms with E-state index < -0.39 is 16.1 Å². The molecule has 0 aromatic carbocycles. The fourth-order valence-corrected chi connectivity index (χ4v) is 0.247. The van der Waals surface area contributed by atoms with E-state index >= 15 is 0 Å². The highest BCUT2D eigenvalue weighted by atomic mass is 35.5. The van der Waals surface area contributed by atoms with E-state index in [1.807, 2.05) is 0 Å². The maximum atomic E-state index is 11.8. The van der Waals surface area contributed by atoms with E-state index in [2.05, 4.69) is 34.8 Å². The van der Waals surface area contributed by atoms with Gasteiger partial charge in [0.2, 0.25) is 5.63 Å². The molecule has 1 unspecified atom stereocenters. The minimum Gasteiger partial charge on any atom is -0.269 e. The Bertz CT molecular complexity index is 119. The largest absolute Gasteiger partial charge is 0.425 e. The molecule has 0 aliphatic heterocycles. The summed E-state index contributed by atoms with van der Waals surface area (Å²) in [6.45, 7) is 0. The molecule has 1 atom stereocenters. The molecule has 0 aliphatic rings. The molecule has 0 aromatic heterocycles. The zero-order chi connectivity index (χ0) is 8.58. The van der Waals surface area contributed by atoms with E-state index in [1.54, 1.807) is 0 Å². The highest BCUT2D eigenvalue weighted by molar-refractivity contribution is 6.52. The van der Waals surface area contributed by atoms with Gasteiger partial charge in [-0.05, 0) is 0 Å². The first-order valence-corrected chi connectivity index (χ1v) is 3.11. The summed E-state index contributed by atoms with van der Waals surface area (Å²) in [5, 5.41) is 0. The number of alkyl halides is 7. The summed E-state index contributed by atoms with van der Waals surface area (Å²) < 4.78 is 42.7. The molecule has 0 fully saturated rings. The van der Waals surface area contributed by atoms with Crippen LogP contribution < -0.4 is 0 Å². The number of rotatable bonds is 1. The fraction of sp³-hybridized carbons (Fsp3) is 1.00. The standard InChI is InChI=1S/C3HCl3F4.FH/c4-1(7)2(5,6)3(8,9)10;/h1H;1H. The first-order chi connectivity index (χ1) is 4.19. The Hall–Kier alpha value is 0.520. The summed E-state index contributed by atoms with van der Waals surface area (Å²) in [6.07, 6.45) is -5.06. The lowest BCUT2D eigenvalue weighted by Gasteiger charge is -2.21. The lowest BCUT2D eigenvalue weighted by molar-refractivity contribution is -0.147. The van der Waals surface area contributed by atoms with Gasteiger partial charge in [0.25, 0.3) is 4.33 Å². The average molecular weight is 239 g/mol. The van der Waals surface area contributed by atoms with Gasteiger partial charge in [0.1, 0.15) is 0 Å². The Labute approximate surface area is 73.8 Å². The lowest BCUT2D eigenvalue weighted by atomic mass is 10.4. The summed E-state index contributed by atoms with van der Waals surface area (Å²) in [7, 11) is 0. The van der Waals surface area contributed by atoms with Gasteiger partial charge in [-0.25, -0.2) is 4.39 Å². The Morgan fingerprint density at radius 3 is 1.36 bits per heavy atom. The van der Waals surface area contributed by atoms with E-state index in [0.29, 0.717) is 0 Å². The molecule has 8 heteroatoms. The molecule has 0 aliphatic carbocycles. The maximum Gasteiger partial charge on any atom is 0.425 e. The van der Waals surface area contributed by atoms with Gasteiger partial charge in [-0.3, -0.25) is 4.70 Å². The second kappa shape index (κ2) is 3.96. The van der Waals surface area contributed by atoms with Crippen LogP contribution in [-0.4, -0.2) is 16.1 Å². The van der Waals surface area contributed by atoms with Gasteiger partial charge in [-0.15, -0.1) is 0 Å². The van der Waals surface area contributed by atoms with Crippen LogP contribution in [0.3, 0.4) is 0 Å². The Kier molecular flexibility index (Phi) is 5.06. The lowest BCUT2D eigenvalue weighted by Crippen LogP contribution is -2.40. The van der Waals surface area contributed by atoms with E-state index in [1.165, 1.54) is 0 Å². The molecule has 11 heavy (non-hydrogen) atoms. The smallest absolute Gasteiger partial charge is 0.269 e. The van der Waals surface area contributed by atoms with Gasteiger partial charge in [-0.1, -0.05) is 34.8 Å². The minimum atomic E-state index is -5.06. The molecule has 0 saturated carbocycles. The molecule has 0 radical (unpaired) electrons. The minimum absolute atomic E-state index is 0. The van der Waals surface area contributed by atoms with Crippen LogP contribution >= 0.6 is 34.8 Å². The summed E-state index contributed by atoms with van der Waals surface area (Å²) in [5.41, 5.74) is -2.86. The third kappa shape index (κ3) is 3.17. The summed E-state index contributed by atoms with van der Waals surface area (Å²) in [4.78, 5) is 0. The van der Waals surface area contributed by atoms with Gasteiger partial charge in [0, 0.05) is 0 Å². The normalized spacial score (nSPS) is 15.5. The van der Waals surface area contributed by atoms with Gasteiger partial charge >= 0.3 is 6.18 Å². The molecule has 0 amide bonds. The topological polar surface area (TPSA) is 0 Å². The molecule has 0 bridgehead atoms. The molecule has 0 heterocycles. The summed E-state index contributed by atoms with van der Waals surface area (Å²) in [6, 6.07) is 0. The average Bonchev–Trinajstić information content (AvgIpc) is 1.62. The predicted octanol–water partition coefficient (Wildman–Crippen LogP) is 3.41. The Morgan fingerprint density at radius 1 is 1.09 bits per heavy atom. The Balaban J connectivity index is 0. The molecule has 0 rings (SSSR count). The second-order valence-electron chi connectivity index (χ2n) is 1.42. The number of hydrogen-bond acceptors (Lipinski definition) is 0. The van der Waals surface area contributed by atoms with Crippen LogP contribution in [-0.2, 0) is 0 Å². The molecule has 0 saturated heterocycles. The second-order valence-corrected chi connectivity index (χ2v) is 3.19. The first kappa shape index (κ1) is 14.1. The highest BCUT2D eigenvalue weighted by Crippen LogP contribution is 2.44. The van der Waals surface area contributed by atoms with Crippen molar-refractivity contribution in [1.82, 2.24) is 0 Å². The highest BCUT2D eigenvalue weighted by Gasteiger charge is 2.58. The molecule has 0 nitrogen and oxygen atoms in total. The van der Waals surface area contributed by atoms with Crippen LogP contribution in [0.15, 0.2) is 0 Å². The van der Waals surface area contributed by atoms with Crippen molar-refractivity contribution in [3.05, 3.63) is 0 Å². The van der Waals surface area contributed by atoms with E-state index in [0.717, 1.165) is 0 Å². The molecule has 0 spiro atoms.